The largest absolute Gasteiger partial charge is 0.573 e. The minimum absolute atomic E-state index is 0.0137. The van der Waals surface area contributed by atoms with Crippen molar-refractivity contribution >= 4 is 35.1 Å². The van der Waals surface area contributed by atoms with E-state index in [1.807, 2.05) is 4.90 Å². The molecular weight excluding hydrogens is 463 g/mol. The molecule has 4 rings (SSSR count). The summed E-state index contributed by atoms with van der Waals surface area (Å²) in [5.41, 5.74) is 0.678. The van der Waals surface area contributed by atoms with Crippen LogP contribution in [-0.4, -0.2) is 47.3 Å². The number of hydrogen-bond acceptors (Lipinski definition) is 6. The fourth-order valence-corrected chi connectivity index (χ4v) is 3.91. The molecule has 1 aliphatic carbocycles. The molecule has 1 aliphatic heterocycles. The molecule has 12 heteroatoms. The third-order valence-electron chi connectivity index (χ3n) is 5.32. The lowest BCUT2D eigenvalue weighted by Gasteiger charge is -2.35. The van der Waals surface area contributed by atoms with Crippen molar-refractivity contribution in [2.45, 2.75) is 38.1 Å². The van der Waals surface area contributed by atoms with Crippen molar-refractivity contribution in [1.82, 2.24) is 15.3 Å². The molecule has 1 aromatic heterocycles. The van der Waals surface area contributed by atoms with E-state index in [9.17, 15) is 22.8 Å². The van der Waals surface area contributed by atoms with E-state index in [0.717, 1.165) is 25.3 Å². The van der Waals surface area contributed by atoms with E-state index < -0.39 is 18.0 Å². The molecule has 1 aromatic carbocycles. The second kappa shape index (κ2) is 9.42. The highest BCUT2D eigenvalue weighted by Gasteiger charge is 2.32. The van der Waals surface area contributed by atoms with Gasteiger partial charge in [0.05, 0.1) is 10.7 Å². The van der Waals surface area contributed by atoms with Gasteiger partial charge in [0.25, 0.3) is 5.91 Å². The van der Waals surface area contributed by atoms with Crippen molar-refractivity contribution in [2.75, 3.05) is 23.3 Å². The monoisotopic (exact) mass is 483 g/mol. The molecular formula is C21H21ClF3N5O3. The summed E-state index contributed by atoms with van der Waals surface area (Å²) in [6.45, 7) is 1.05. The first-order chi connectivity index (χ1) is 15.7. The minimum Gasteiger partial charge on any atom is -0.406 e. The first kappa shape index (κ1) is 23.1. The Morgan fingerprint density at radius 1 is 1.18 bits per heavy atom. The lowest BCUT2D eigenvalue weighted by atomic mass is 10.0. The van der Waals surface area contributed by atoms with E-state index in [2.05, 4.69) is 25.3 Å². The molecule has 176 valence electrons. The normalized spacial score (nSPS) is 18.5. The van der Waals surface area contributed by atoms with Crippen LogP contribution >= 0.6 is 11.6 Å². The number of ether oxygens (including phenoxy) is 1. The maximum atomic E-state index is 12.7. The van der Waals surface area contributed by atoms with E-state index >= 15 is 0 Å². The number of rotatable bonds is 6. The molecule has 2 amide bonds. The molecule has 8 nitrogen and oxygen atoms in total. The predicted octanol–water partition coefficient (Wildman–Crippen LogP) is 3.78. The lowest BCUT2D eigenvalue weighted by molar-refractivity contribution is -0.274. The Bertz CT molecular complexity index is 1050. The molecule has 1 saturated carbocycles. The quantitative estimate of drug-likeness (QED) is 0.649. The summed E-state index contributed by atoms with van der Waals surface area (Å²) in [7, 11) is 0. The van der Waals surface area contributed by atoms with Crippen molar-refractivity contribution in [3.8, 4) is 5.75 Å². The van der Waals surface area contributed by atoms with Gasteiger partial charge in [-0.25, -0.2) is 9.97 Å². The highest BCUT2D eigenvalue weighted by atomic mass is 35.5. The average Bonchev–Trinajstić information content (AvgIpc) is 3.58. The number of piperidine rings is 1. The first-order valence-corrected chi connectivity index (χ1v) is 10.8. The molecule has 1 saturated heterocycles. The van der Waals surface area contributed by atoms with Crippen LogP contribution in [0, 0.1) is 5.92 Å². The number of alkyl halides is 3. The second-order valence-electron chi connectivity index (χ2n) is 7.95. The molecule has 2 aromatic rings. The molecule has 0 radical (unpaired) electrons. The number of nitrogens with one attached hydrogen (secondary N) is 2. The first-order valence-electron chi connectivity index (χ1n) is 10.4. The zero-order chi connectivity index (χ0) is 23.6. The van der Waals surface area contributed by atoms with Crippen LogP contribution in [0.1, 0.15) is 36.2 Å². The molecule has 2 heterocycles. The van der Waals surface area contributed by atoms with Gasteiger partial charge in [-0.2, -0.15) is 0 Å². The van der Waals surface area contributed by atoms with Gasteiger partial charge in [0.15, 0.2) is 0 Å². The van der Waals surface area contributed by atoms with E-state index in [1.165, 1.54) is 24.4 Å². The lowest BCUT2D eigenvalue weighted by Crippen LogP contribution is -2.48. The van der Waals surface area contributed by atoms with Crippen LogP contribution < -0.4 is 20.3 Å². The summed E-state index contributed by atoms with van der Waals surface area (Å²) < 4.78 is 41.2. The fraction of sp³-hybridized carbons (Fsp3) is 0.429. The number of halogens is 4. The third kappa shape index (κ3) is 6.25. The van der Waals surface area contributed by atoms with Crippen molar-refractivity contribution in [3.63, 3.8) is 0 Å². The molecule has 0 bridgehead atoms. The molecule has 1 atom stereocenters. The highest BCUT2D eigenvalue weighted by Crippen LogP contribution is 2.34. The van der Waals surface area contributed by atoms with Crippen molar-refractivity contribution < 1.29 is 27.5 Å². The van der Waals surface area contributed by atoms with Gasteiger partial charge in [-0.1, -0.05) is 11.6 Å². The molecule has 33 heavy (non-hydrogen) atoms. The predicted molar refractivity (Wildman–Crippen MR) is 114 cm³/mol. The number of hydrogen-bond donors (Lipinski definition) is 2. The Labute approximate surface area is 192 Å². The summed E-state index contributed by atoms with van der Waals surface area (Å²) in [5.74, 6) is -0.894. The van der Waals surface area contributed by atoms with Gasteiger partial charge in [0.1, 0.15) is 11.4 Å². The molecule has 1 unspecified atom stereocenters. The van der Waals surface area contributed by atoms with Crippen LogP contribution in [0.3, 0.4) is 0 Å². The van der Waals surface area contributed by atoms with Crippen LogP contribution in [0.25, 0.3) is 0 Å². The third-order valence-corrected chi connectivity index (χ3v) is 5.62. The van der Waals surface area contributed by atoms with E-state index in [0.29, 0.717) is 25.2 Å². The Hall–Kier alpha value is -3.08. The molecule has 2 N–H and O–H groups in total. The van der Waals surface area contributed by atoms with Gasteiger partial charge in [-0.05, 0) is 43.9 Å². The van der Waals surface area contributed by atoms with Crippen LogP contribution in [0.4, 0.5) is 24.8 Å². The van der Waals surface area contributed by atoms with Gasteiger partial charge in [0.2, 0.25) is 11.9 Å². The standard InChI is InChI=1S/C21H21ClF3N5O3/c22-15-10-14(33-21(23,24)25)5-6-17(15)30-9-1-2-13(11-30)27-19(32)16-7-8-26-20(28-16)29-18(31)12-3-4-12/h5-8,10,12-13H,1-4,9,11H2,(H,27,32)(H,26,28,29,31). The smallest absolute Gasteiger partial charge is 0.406 e. The van der Waals surface area contributed by atoms with E-state index in [1.54, 1.807) is 0 Å². The minimum atomic E-state index is -4.80. The van der Waals surface area contributed by atoms with E-state index in [4.69, 9.17) is 11.6 Å². The Morgan fingerprint density at radius 3 is 2.67 bits per heavy atom. The average molecular weight is 484 g/mol. The van der Waals surface area contributed by atoms with Crippen LogP contribution in [0.5, 0.6) is 5.75 Å². The SMILES string of the molecule is O=C(NC1CCCN(c2ccc(OC(F)(F)F)cc2Cl)C1)c1ccnc(NC(=O)C2CC2)n1. The topological polar surface area (TPSA) is 96.5 Å². The summed E-state index contributed by atoms with van der Waals surface area (Å²) in [6.07, 6.45) is -0.256. The second-order valence-corrected chi connectivity index (χ2v) is 8.36. The van der Waals surface area contributed by atoms with Gasteiger partial charge < -0.3 is 15.0 Å². The Morgan fingerprint density at radius 2 is 1.97 bits per heavy atom. The van der Waals surface area contributed by atoms with Crippen molar-refractivity contribution in [2.24, 2.45) is 5.92 Å². The van der Waals surface area contributed by atoms with E-state index in [-0.39, 0.29) is 34.5 Å². The highest BCUT2D eigenvalue weighted by molar-refractivity contribution is 6.33. The number of carbonyl (C=O) groups is 2. The maximum Gasteiger partial charge on any atom is 0.573 e. The molecule has 2 aliphatic rings. The molecule has 0 spiro atoms. The summed E-state index contributed by atoms with van der Waals surface area (Å²) in [6, 6.07) is 5.01. The summed E-state index contributed by atoms with van der Waals surface area (Å²) in [5, 5.41) is 5.64. The van der Waals surface area contributed by atoms with Crippen molar-refractivity contribution in [3.05, 3.63) is 41.2 Å². The number of benzene rings is 1. The number of carbonyl (C=O) groups excluding carboxylic acids is 2. The van der Waals surface area contributed by atoms with Crippen LogP contribution in [0.15, 0.2) is 30.5 Å². The number of nitrogens with zero attached hydrogens (tertiary/aromatic N) is 3. The van der Waals surface area contributed by atoms with Gasteiger partial charge in [0, 0.05) is 37.3 Å². The van der Waals surface area contributed by atoms with Gasteiger partial charge in [-0.15, -0.1) is 13.2 Å². The van der Waals surface area contributed by atoms with Gasteiger partial charge in [-0.3, -0.25) is 14.9 Å². The van der Waals surface area contributed by atoms with Crippen LogP contribution in [-0.2, 0) is 4.79 Å². The number of amides is 2. The van der Waals surface area contributed by atoms with Crippen LogP contribution in [0.2, 0.25) is 5.02 Å². The Kier molecular flexibility index (Phi) is 6.59. The summed E-state index contributed by atoms with van der Waals surface area (Å²) >= 11 is 6.20. The summed E-state index contributed by atoms with van der Waals surface area (Å²) in [4.78, 5) is 34.6. The number of aromatic nitrogens is 2. The zero-order valence-corrected chi connectivity index (χ0v) is 18.1. The molecule has 2 fully saturated rings. The van der Waals surface area contributed by atoms with Gasteiger partial charge >= 0.3 is 6.36 Å². The zero-order valence-electron chi connectivity index (χ0n) is 17.4. The fourth-order valence-electron chi connectivity index (χ4n) is 3.62. The Balaban J connectivity index is 1.38. The number of anilines is 2. The van der Waals surface area contributed by atoms with Crippen molar-refractivity contribution in [1.29, 1.82) is 0 Å². The maximum absolute atomic E-state index is 12.7.